The molecule has 32 heavy (non-hydrogen) atoms. The summed E-state index contributed by atoms with van der Waals surface area (Å²) in [6.45, 7) is -1.00. The number of methoxy groups -OCH3 is 1. The van der Waals surface area contributed by atoms with Gasteiger partial charge in [-0.15, -0.1) is 0 Å². The van der Waals surface area contributed by atoms with Crippen molar-refractivity contribution in [3.8, 4) is 22.9 Å². The number of carbonyl (C=O) groups excluding carboxylic acids is 1. The number of carbonyl (C=O) groups is 1. The highest BCUT2D eigenvalue weighted by Crippen LogP contribution is 2.29. The summed E-state index contributed by atoms with van der Waals surface area (Å²) in [5, 5.41) is 6.56. The van der Waals surface area contributed by atoms with E-state index in [1.165, 1.54) is 25.3 Å². The minimum atomic E-state index is -2.96. The van der Waals surface area contributed by atoms with Crippen LogP contribution in [0.4, 0.5) is 13.2 Å². The van der Waals surface area contributed by atoms with Gasteiger partial charge in [-0.1, -0.05) is 23.4 Å². The summed E-state index contributed by atoms with van der Waals surface area (Å²) in [6, 6.07) is 9.33. The first-order valence-electron chi connectivity index (χ1n) is 9.83. The van der Waals surface area contributed by atoms with Crippen molar-refractivity contribution in [2.24, 2.45) is 0 Å². The molecule has 1 aromatic heterocycles. The van der Waals surface area contributed by atoms with Gasteiger partial charge in [0.25, 0.3) is 0 Å². The number of aryl methyl sites for hydroxylation is 2. The van der Waals surface area contributed by atoms with Crippen LogP contribution in [0.1, 0.15) is 23.4 Å². The highest BCUT2D eigenvalue weighted by Gasteiger charge is 2.13. The predicted molar refractivity (Wildman–Crippen MR) is 109 cm³/mol. The summed E-state index contributed by atoms with van der Waals surface area (Å²) in [6.07, 6.45) is 0.757. The van der Waals surface area contributed by atoms with Crippen LogP contribution in [0.5, 0.6) is 11.5 Å². The molecule has 0 aliphatic rings. The molecular weight excluding hydrogens is 427 g/mol. The minimum Gasteiger partial charge on any atom is -0.493 e. The Kier molecular flexibility index (Phi) is 7.69. The molecule has 0 fully saturated rings. The van der Waals surface area contributed by atoms with Gasteiger partial charge in [-0.25, -0.2) is 4.39 Å². The molecule has 0 spiro atoms. The van der Waals surface area contributed by atoms with Crippen LogP contribution in [0.2, 0.25) is 0 Å². The van der Waals surface area contributed by atoms with Crippen LogP contribution in [0, 0.1) is 12.7 Å². The number of ether oxygens (including phenoxy) is 2. The second-order valence-electron chi connectivity index (χ2n) is 6.94. The Labute approximate surface area is 182 Å². The van der Waals surface area contributed by atoms with Crippen molar-refractivity contribution in [3.63, 3.8) is 0 Å². The van der Waals surface area contributed by atoms with Crippen molar-refractivity contribution in [2.75, 3.05) is 13.7 Å². The molecule has 7 nitrogen and oxygen atoms in total. The van der Waals surface area contributed by atoms with Crippen molar-refractivity contribution < 1.29 is 32.0 Å². The topological polar surface area (TPSA) is 86.5 Å². The van der Waals surface area contributed by atoms with Crippen LogP contribution >= 0.6 is 0 Å². The summed E-state index contributed by atoms with van der Waals surface area (Å²) < 4.78 is 53.3. The first-order chi connectivity index (χ1) is 15.4. The molecule has 0 aliphatic heterocycles. The van der Waals surface area contributed by atoms with Crippen LogP contribution < -0.4 is 14.8 Å². The van der Waals surface area contributed by atoms with Gasteiger partial charge in [0.1, 0.15) is 5.82 Å². The van der Waals surface area contributed by atoms with Crippen LogP contribution in [0.3, 0.4) is 0 Å². The maximum atomic E-state index is 13.7. The van der Waals surface area contributed by atoms with Crippen LogP contribution in [0.15, 0.2) is 40.9 Å². The van der Waals surface area contributed by atoms with Gasteiger partial charge in [-0.3, -0.25) is 4.79 Å². The van der Waals surface area contributed by atoms with Gasteiger partial charge >= 0.3 is 6.61 Å². The molecule has 2 aromatic carbocycles. The van der Waals surface area contributed by atoms with Gasteiger partial charge in [0.2, 0.25) is 17.6 Å². The Balaban J connectivity index is 1.47. The lowest BCUT2D eigenvalue weighted by Crippen LogP contribution is -2.25. The van der Waals surface area contributed by atoms with E-state index in [0.29, 0.717) is 29.7 Å². The van der Waals surface area contributed by atoms with Gasteiger partial charge in [0.05, 0.1) is 7.11 Å². The number of halogens is 3. The van der Waals surface area contributed by atoms with E-state index in [1.54, 1.807) is 25.1 Å². The quantitative estimate of drug-likeness (QED) is 0.502. The smallest absolute Gasteiger partial charge is 0.387 e. The fourth-order valence-corrected chi connectivity index (χ4v) is 2.93. The highest BCUT2D eigenvalue weighted by atomic mass is 19.3. The maximum Gasteiger partial charge on any atom is 0.387 e. The molecule has 0 aliphatic carbocycles. The van der Waals surface area contributed by atoms with Gasteiger partial charge in [0.15, 0.2) is 11.5 Å². The number of hydrogen-bond acceptors (Lipinski definition) is 6. The Morgan fingerprint density at radius 2 is 1.97 bits per heavy atom. The third-order valence-corrected chi connectivity index (χ3v) is 4.64. The van der Waals surface area contributed by atoms with E-state index in [9.17, 15) is 18.0 Å². The molecule has 0 unspecified atom stereocenters. The Hall–Kier alpha value is -3.56. The number of nitrogens with zero attached hydrogens (tertiary/aromatic N) is 2. The van der Waals surface area contributed by atoms with Crippen molar-refractivity contribution >= 4 is 5.91 Å². The zero-order valence-corrected chi connectivity index (χ0v) is 17.5. The zero-order chi connectivity index (χ0) is 23.1. The lowest BCUT2D eigenvalue weighted by molar-refractivity contribution is -0.121. The minimum absolute atomic E-state index is 0.0630. The Morgan fingerprint density at radius 3 is 2.69 bits per heavy atom. The van der Waals surface area contributed by atoms with Gasteiger partial charge in [0, 0.05) is 24.9 Å². The number of amides is 1. The van der Waals surface area contributed by atoms with Crippen molar-refractivity contribution in [3.05, 3.63) is 59.2 Å². The molecule has 0 atom stereocenters. The van der Waals surface area contributed by atoms with Crippen molar-refractivity contribution in [1.29, 1.82) is 0 Å². The molecule has 10 heteroatoms. The monoisotopic (exact) mass is 449 g/mol. The molecule has 3 aromatic rings. The first kappa shape index (κ1) is 23.1. The molecule has 3 rings (SSSR count). The third kappa shape index (κ3) is 6.22. The second kappa shape index (κ2) is 10.7. The van der Waals surface area contributed by atoms with Gasteiger partial charge < -0.3 is 19.3 Å². The molecular formula is C22H22F3N3O4. The highest BCUT2D eigenvalue weighted by molar-refractivity contribution is 5.76. The van der Waals surface area contributed by atoms with E-state index in [1.807, 2.05) is 0 Å². The number of hydrogen-bond donors (Lipinski definition) is 1. The molecule has 170 valence electrons. The average molecular weight is 449 g/mol. The summed E-state index contributed by atoms with van der Waals surface area (Å²) in [5.41, 5.74) is 1.71. The largest absolute Gasteiger partial charge is 0.493 e. The predicted octanol–water partition coefficient (Wildman–Crippen LogP) is 4.09. The van der Waals surface area contributed by atoms with E-state index in [2.05, 4.69) is 20.2 Å². The van der Waals surface area contributed by atoms with E-state index < -0.39 is 6.61 Å². The number of alkyl halides is 2. The summed E-state index contributed by atoms with van der Waals surface area (Å²) >= 11 is 0. The number of aromatic nitrogens is 2. The first-order valence-corrected chi connectivity index (χ1v) is 9.83. The fourth-order valence-electron chi connectivity index (χ4n) is 2.93. The lowest BCUT2D eigenvalue weighted by atomic mass is 10.1. The van der Waals surface area contributed by atoms with E-state index in [-0.39, 0.29) is 47.8 Å². The summed E-state index contributed by atoms with van der Waals surface area (Å²) in [4.78, 5) is 16.3. The zero-order valence-electron chi connectivity index (χ0n) is 17.5. The van der Waals surface area contributed by atoms with Crippen LogP contribution in [-0.4, -0.2) is 36.3 Å². The number of rotatable bonds is 10. The summed E-state index contributed by atoms with van der Waals surface area (Å²) in [5.74, 6) is 0.0553. The molecule has 1 N–H and O–H groups in total. The molecule has 0 radical (unpaired) electrons. The second-order valence-corrected chi connectivity index (χ2v) is 6.94. The van der Waals surface area contributed by atoms with Crippen LogP contribution in [-0.2, 0) is 17.6 Å². The third-order valence-electron chi connectivity index (χ3n) is 4.64. The molecule has 0 saturated heterocycles. The van der Waals surface area contributed by atoms with E-state index in [0.717, 1.165) is 0 Å². The summed E-state index contributed by atoms with van der Waals surface area (Å²) in [7, 11) is 1.36. The van der Waals surface area contributed by atoms with E-state index >= 15 is 0 Å². The standard InChI is InChI=1S/C22H22F3N3O4/c1-13-3-5-15(12-16(13)23)21-27-20(32-28-21)8-7-19(29)26-10-9-14-4-6-17(30-2)18(11-14)31-22(24)25/h3-6,11-12,22H,7-10H2,1-2H3,(H,26,29). The van der Waals surface area contributed by atoms with E-state index in [4.69, 9.17) is 9.26 Å². The number of benzene rings is 2. The molecule has 0 saturated carbocycles. The van der Waals surface area contributed by atoms with Crippen molar-refractivity contribution in [2.45, 2.75) is 32.8 Å². The SMILES string of the molecule is COc1ccc(CCNC(=O)CCc2nc(-c3ccc(C)c(F)c3)no2)cc1OC(F)F. The van der Waals surface area contributed by atoms with Gasteiger partial charge in [-0.2, -0.15) is 13.8 Å². The maximum absolute atomic E-state index is 13.7. The Bertz CT molecular complexity index is 1070. The van der Waals surface area contributed by atoms with Crippen molar-refractivity contribution in [1.82, 2.24) is 15.5 Å². The average Bonchev–Trinajstić information content (AvgIpc) is 3.23. The van der Waals surface area contributed by atoms with Gasteiger partial charge in [-0.05, 0) is 42.7 Å². The molecule has 0 bridgehead atoms. The Morgan fingerprint density at radius 1 is 1.16 bits per heavy atom. The normalized spacial score (nSPS) is 10.9. The molecule has 1 heterocycles. The van der Waals surface area contributed by atoms with Crippen LogP contribution in [0.25, 0.3) is 11.4 Å². The fraction of sp³-hybridized carbons (Fsp3) is 0.318. The number of nitrogens with one attached hydrogen (secondary N) is 1. The lowest BCUT2D eigenvalue weighted by Gasteiger charge is -2.11. The molecule has 1 amide bonds.